The summed E-state index contributed by atoms with van der Waals surface area (Å²) >= 11 is 0. The van der Waals surface area contributed by atoms with E-state index in [1.807, 2.05) is 13.8 Å². The topological polar surface area (TPSA) is 46.2 Å². The van der Waals surface area contributed by atoms with Crippen molar-refractivity contribution in [3.63, 3.8) is 0 Å². The van der Waals surface area contributed by atoms with Crippen molar-refractivity contribution < 1.29 is 9.59 Å². The van der Waals surface area contributed by atoms with Gasteiger partial charge in [-0.15, -0.1) is 0 Å². The smallest absolute Gasteiger partial charge is 0.230 e. The summed E-state index contributed by atoms with van der Waals surface area (Å²) in [7, 11) is 0. The summed E-state index contributed by atoms with van der Waals surface area (Å²) in [6, 6.07) is 0. The third kappa shape index (κ3) is 1.59. The Hall–Kier alpha value is -0.860. The first kappa shape index (κ1) is 8.24. The lowest BCUT2D eigenvalue weighted by molar-refractivity contribution is -0.133. The van der Waals surface area contributed by atoms with E-state index in [1.54, 1.807) is 0 Å². The van der Waals surface area contributed by atoms with Crippen molar-refractivity contribution in [2.45, 2.75) is 20.3 Å². The average Bonchev–Trinajstić information content (AvgIpc) is 2.33. The molecule has 0 spiro atoms. The molecule has 62 valence electrons. The first-order chi connectivity index (χ1) is 5.13. The fourth-order valence-electron chi connectivity index (χ4n) is 1.27. The molecule has 0 saturated carbocycles. The Morgan fingerprint density at radius 1 is 1.64 bits per heavy atom. The number of carbonyl (C=O) groups is 2. The maximum atomic E-state index is 11.3. The van der Waals surface area contributed by atoms with E-state index in [1.165, 1.54) is 0 Å². The average molecular weight is 155 g/mol. The van der Waals surface area contributed by atoms with Crippen LogP contribution >= 0.6 is 0 Å². The number of rotatable bonds is 2. The van der Waals surface area contributed by atoms with Crippen LogP contribution in [-0.2, 0) is 9.59 Å². The SMILES string of the molecule is CC(C)C(=O)C1CCNC1=O. The first-order valence-corrected chi connectivity index (χ1v) is 3.94. The maximum Gasteiger partial charge on any atom is 0.230 e. The highest BCUT2D eigenvalue weighted by Crippen LogP contribution is 2.14. The maximum absolute atomic E-state index is 11.3. The standard InChI is InChI=1S/C8H13NO2/c1-5(2)7(10)6-3-4-9-8(6)11/h5-6H,3-4H2,1-2H3,(H,9,11). The summed E-state index contributed by atoms with van der Waals surface area (Å²) in [6.45, 7) is 4.31. The lowest BCUT2D eigenvalue weighted by Crippen LogP contribution is -2.27. The van der Waals surface area contributed by atoms with E-state index in [2.05, 4.69) is 5.32 Å². The van der Waals surface area contributed by atoms with Crippen LogP contribution in [0.5, 0.6) is 0 Å². The lowest BCUT2D eigenvalue weighted by atomic mass is 9.94. The van der Waals surface area contributed by atoms with Crippen molar-refractivity contribution in [2.75, 3.05) is 6.54 Å². The summed E-state index contributed by atoms with van der Waals surface area (Å²) in [5, 5.41) is 2.65. The van der Waals surface area contributed by atoms with Gasteiger partial charge in [0.1, 0.15) is 5.78 Å². The molecule has 1 rings (SSSR count). The molecule has 0 aromatic rings. The lowest BCUT2D eigenvalue weighted by Gasteiger charge is -2.07. The van der Waals surface area contributed by atoms with Crippen LogP contribution in [0.3, 0.4) is 0 Å². The van der Waals surface area contributed by atoms with Gasteiger partial charge in [0.15, 0.2) is 0 Å². The number of amides is 1. The minimum absolute atomic E-state index is 0.0242. The molecular weight excluding hydrogens is 142 g/mol. The molecular formula is C8H13NO2. The van der Waals surface area contributed by atoms with Crippen LogP contribution in [0.25, 0.3) is 0 Å². The summed E-state index contributed by atoms with van der Waals surface area (Å²) < 4.78 is 0. The molecule has 1 fully saturated rings. The Labute approximate surface area is 66.2 Å². The molecule has 1 N–H and O–H groups in total. The van der Waals surface area contributed by atoms with Crippen LogP contribution in [-0.4, -0.2) is 18.2 Å². The van der Waals surface area contributed by atoms with Crippen LogP contribution in [0, 0.1) is 11.8 Å². The van der Waals surface area contributed by atoms with Gasteiger partial charge in [-0.2, -0.15) is 0 Å². The van der Waals surface area contributed by atoms with E-state index >= 15 is 0 Å². The molecule has 0 aromatic heterocycles. The molecule has 0 radical (unpaired) electrons. The van der Waals surface area contributed by atoms with Gasteiger partial charge in [0.05, 0.1) is 5.92 Å². The molecule has 1 unspecified atom stereocenters. The zero-order chi connectivity index (χ0) is 8.43. The molecule has 1 aliphatic rings. The van der Waals surface area contributed by atoms with Gasteiger partial charge in [0.2, 0.25) is 5.91 Å². The Bertz CT molecular complexity index is 187. The van der Waals surface area contributed by atoms with Gasteiger partial charge in [0, 0.05) is 12.5 Å². The Balaban J connectivity index is 2.60. The predicted molar refractivity (Wildman–Crippen MR) is 41.0 cm³/mol. The highest BCUT2D eigenvalue weighted by Gasteiger charge is 2.31. The van der Waals surface area contributed by atoms with E-state index in [9.17, 15) is 9.59 Å². The van der Waals surface area contributed by atoms with Crippen molar-refractivity contribution >= 4 is 11.7 Å². The summed E-state index contributed by atoms with van der Waals surface area (Å²) in [4.78, 5) is 22.3. The Morgan fingerprint density at radius 3 is 2.64 bits per heavy atom. The molecule has 0 bridgehead atoms. The van der Waals surface area contributed by atoms with Crippen LogP contribution in [0.4, 0.5) is 0 Å². The Morgan fingerprint density at radius 2 is 2.27 bits per heavy atom. The second kappa shape index (κ2) is 3.03. The summed E-state index contributed by atoms with van der Waals surface area (Å²) in [6.07, 6.45) is 0.676. The number of ketones is 1. The van der Waals surface area contributed by atoms with Gasteiger partial charge in [-0.25, -0.2) is 0 Å². The number of hydrogen-bond acceptors (Lipinski definition) is 2. The van der Waals surface area contributed by atoms with Crippen molar-refractivity contribution in [3.05, 3.63) is 0 Å². The molecule has 0 aromatic carbocycles. The van der Waals surface area contributed by atoms with Gasteiger partial charge < -0.3 is 5.32 Å². The molecule has 11 heavy (non-hydrogen) atoms. The summed E-state index contributed by atoms with van der Waals surface area (Å²) in [5.74, 6) is -0.414. The normalized spacial score (nSPS) is 23.9. The first-order valence-electron chi connectivity index (χ1n) is 3.94. The highest BCUT2D eigenvalue weighted by atomic mass is 16.2. The largest absolute Gasteiger partial charge is 0.355 e. The minimum Gasteiger partial charge on any atom is -0.355 e. The molecule has 1 heterocycles. The molecule has 1 amide bonds. The van der Waals surface area contributed by atoms with E-state index in [-0.39, 0.29) is 23.5 Å². The highest BCUT2D eigenvalue weighted by molar-refractivity contribution is 6.03. The van der Waals surface area contributed by atoms with Crippen LogP contribution in [0.2, 0.25) is 0 Å². The van der Waals surface area contributed by atoms with Gasteiger partial charge in [-0.3, -0.25) is 9.59 Å². The van der Waals surface area contributed by atoms with Crippen LogP contribution < -0.4 is 5.32 Å². The zero-order valence-corrected chi connectivity index (χ0v) is 6.89. The van der Waals surface area contributed by atoms with Crippen molar-refractivity contribution in [3.8, 4) is 0 Å². The third-order valence-corrected chi connectivity index (χ3v) is 1.96. The molecule has 3 heteroatoms. The second-order valence-electron chi connectivity index (χ2n) is 3.19. The minimum atomic E-state index is -0.366. The molecule has 1 atom stereocenters. The van der Waals surface area contributed by atoms with Gasteiger partial charge in [-0.05, 0) is 6.42 Å². The zero-order valence-electron chi connectivity index (χ0n) is 6.89. The van der Waals surface area contributed by atoms with Gasteiger partial charge in [-0.1, -0.05) is 13.8 Å². The third-order valence-electron chi connectivity index (χ3n) is 1.96. The molecule has 1 aliphatic heterocycles. The summed E-state index contributed by atoms with van der Waals surface area (Å²) in [5.41, 5.74) is 0. The van der Waals surface area contributed by atoms with Crippen LogP contribution in [0.15, 0.2) is 0 Å². The van der Waals surface area contributed by atoms with Crippen molar-refractivity contribution in [2.24, 2.45) is 11.8 Å². The van der Waals surface area contributed by atoms with E-state index in [0.717, 1.165) is 0 Å². The van der Waals surface area contributed by atoms with Crippen LogP contribution in [0.1, 0.15) is 20.3 Å². The Kier molecular flexibility index (Phi) is 2.27. The van der Waals surface area contributed by atoms with Crippen molar-refractivity contribution in [1.82, 2.24) is 5.32 Å². The van der Waals surface area contributed by atoms with E-state index in [4.69, 9.17) is 0 Å². The molecule has 0 aliphatic carbocycles. The fourth-order valence-corrected chi connectivity index (χ4v) is 1.27. The van der Waals surface area contributed by atoms with Gasteiger partial charge >= 0.3 is 0 Å². The second-order valence-corrected chi connectivity index (χ2v) is 3.19. The predicted octanol–water partition coefficient (Wildman–Crippen LogP) is 0.348. The molecule has 1 saturated heterocycles. The monoisotopic (exact) mass is 155 g/mol. The number of hydrogen-bond donors (Lipinski definition) is 1. The van der Waals surface area contributed by atoms with E-state index in [0.29, 0.717) is 13.0 Å². The quantitative estimate of drug-likeness (QED) is 0.585. The number of Topliss-reactive ketones (excluding diaryl/α,β-unsaturated/α-hetero) is 1. The number of nitrogens with one attached hydrogen (secondary N) is 1. The van der Waals surface area contributed by atoms with Gasteiger partial charge in [0.25, 0.3) is 0 Å². The number of carbonyl (C=O) groups excluding carboxylic acids is 2. The van der Waals surface area contributed by atoms with E-state index < -0.39 is 0 Å². The fraction of sp³-hybridized carbons (Fsp3) is 0.750. The molecule has 3 nitrogen and oxygen atoms in total. The van der Waals surface area contributed by atoms with Crippen molar-refractivity contribution in [1.29, 1.82) is 0 Å².